The van der Waals surface area contributed by atoms with E-state index in [1.54, 1.807) is 0 Å². The molecular formula is C18H26O3. The lowest BCUT2D eigenvalue weighted by Gasteiger charge is -2.36. The molecule has 1 N–H and O–H groups in total. The number of rotatable bonds is 4. The lowest BCUT2D eigenvalue weighted by atomic mass is 9.73. The van der Waals surface area contributed by atoms with Crippen LogP contribution in [0.1, 0.15) is 44.7 Å². The molecule has 1 aromatic rings. The second-order valence-corrected chi connectivity index (χ2v) is 7.13. The molecule has 2 bridgehead atoms. The van der Waals surface area contributed by atoms with Crippen LogP contribution in [0, 0.1) is 12.8 Å². The summed E-state index contributed by atoms with van der Waals surface area (Å²) < 4.78 is 12.4. The average Bonchev–Trinajstić information content (AvgIpc) is 2.90. The predicted molar refractivity (Wildman–Crippen MR) is 82.1 cm³/mol. The second kappa shape index (κ2) is 5.08. The standard InChI is InChI=1S/C18H26O3/c1-12(2)18-10-9-17(4,21-18)16(15(18)19)20-11-14-8-6-5-7-13(14)3/h5-8,12,15-16,19H,9-11H2,1-4H3/t15-,16-,17+,18+/m0/s1. The smallest absolute Gasteiger partial charge is 0.115 e. The summed E-state index contributed by atoms with van der Waals surface area (Å²) in [5.41, 5.74) is 1.62. The molecule has 4 atom stereocenters. The highest BCUT2D eigenvalue weighted by atomic mass is 16.6. The molecule has 2 fully saturated rings. The molecule has 2 aliphatic heterocycles. The first kappa shape index (κ1) is 15.0. The van der Waals surface area contributed by atoms with Crippen LogP contribution in [-0.4, -0.2) is 28.5 Å². The molecule has 1 aromatic carbocycles. The minimum atomic E-state index is -0.541. The lowest BCUT2D eigenvalue weighted by Crippen LogP contribution is -2.51. The third-order valence-corrected chi connectivity index (χ3v) is 5.48. The van der Waals surface area contributed by atoms with Crippen molar-refractivity contribution in [2.45, 2.75) is 70.6 Å². The van der Waals surface area contributed by atoms with Gasteiger partial charge in [0.1, 0.15) is 12.2 Å². The van der Waals surface area contributed by atoms with E-state index in [1.165, 1.54) is 11.1 Å². The van der Waals surface area contributed by atoms with Crippen molar-refractivity contribution in [1.82, 2.24) is 0 Å². The number of ether oxygens (including phenoxy) is 2. The summed E-state index contributed by atoms with van der Waals surface area (Å²) in [7, 11) is 0. The number of aryl methyl sites for hydroxylation is 1. The summed E-state index contributed by atoms with van der Waals surface area (Å²) in [4.78, 5) is 0. The first-order valence-corrected chi connectivity index (χ1v) is 7.93. The fourth-order valence-electron chi connectivity index (χ4n) is 3.95. The van der Waals surface area contributed by atoms with Gasteiger partial charge in [0.15, 0.2) is 0 Å². The van der Waals surface area contributed by atoms with Crippen molar-refractivity contribution >= 4 is 0 Å². The summed E-state index contributed by atoms with van der Waals surface area (Å²) in [5.74, 6) is 0.293. The maximum Gasteiger partial charge on any atom is 0.115 e. The Kier molecular flexibility index (Phi) is 3.63. The van der Waals surface area contributed by atoms with E-state index in [9.17, 15) is 5.11 Å². The van der Waals surface area contributed by atoms with E-state index in [1.807, 2.05) is 12.1 Å². The van der Waals surface area contributed by atoms with Crippen molar-refractivity contribution in [1.29, 1.82) is 0 Å². The van der Waals surface area contributed by atoms with Crippen LogP contribution in [0.15, 0.2) is 24.3 Å². The number of aliphatic hydroxyl groups excluding tert-OH is 1. The largest absolute Gasteiger partial charge is 0.387 e. The van der Waals surface area contributed by atoms with Crippen LogP contribution >= 0.6 is 0 Å². The fourth-order valence-corrected chi connectivity index (χ4v) is 3.95. The van der Waals surface area contributed by atoms with Crippen LogP contribution in [0.4, 0.5) is 0 Å². The summed E-state index contributed by atoms with van der Waals surface area (Å²) in [6.07, 6.45) is 1.10. The minimum Gasteiger partial charge on any atom is -0.387 e. The summed E-state index contributed by atoms with van der Waals surface area (Å²) >= 11 is 0. The first-order chi connectivity index (χ1) is 9.89. The average molecular weight is 290 g/mol. The third kappa shape index (κ3) is 2.23. The number of hydrogen-bond acceptors (Lipinski definition) is 3. The van der Waals surface area contributed by atoms with Crippen molar-refractivity contribution in [3.05, 3.63) is 35.4 Å². The van der Waals surface area contributed by atoms with Crippen LogP contribution in [-0.2, 0) is 16.1 Å². The predicted octanol–water partition coefficient (Wildman–Crippen LogP) is 3.22. The Morgan fingerprint density at radius 3 is 2.67 bits per heavy atom. The molecule has 2 aliphatic rings. The molecule has 2 saturated heterocycles. The van der Waals surface area contributed by atoms with Gasteiger partial charge in [0, 0.05) is 0 Å². The first-order valence-electron chi connectivity index (χ1n) is 7.93. The molecule has 0 aliphatic carbocycles. The van der Waals surface area contributed by atoms with Crippen LogP contribution < -0.4 is 0 Å². The van der Waals surface area contributed by atoms with Crippen LogP contribution in [0.5, 0.6) is 0 Å². The highest BCUT2D eigenvalue weighted by molar-refractivity contribution is 5.25. The number of hydrogen-bond donors (Lipinski definition) is 1. The van der Waals surface area contributed by atoms with Gasteiger partial charge in [0.2, 0.25) is 0 Å². The van der Waals surface area contributed by atoms with E-state index in [2.05, 4.69) is 39.8 Å². The molecule has 116 valence electrons. The van der Waals surface area contributed by atoms with Crippen molar-refractivity contribution in [2.24, 2.45) is 5.92 Å². The van der Waals surface area contributed by atoms with E-state index in [0.717, 1.165) is 12.8 Å². The zero-order valence-electron chi connectivity index (χ0n) is 13.4. The zero-order chi connectivity index (χ0) is 15.3. The van der Waals surface area contributed by atoms with Gasteiger partial charge in [-0.3, -0.25) is 0 Å². The maximum atomic E-state index is 10.8. The highest BCUT2D eigenvalue weighted by Crippen LogP contribution is 2.55. The molecule has 2 heterocycles. The van der Waals surface area contributed by atoms with Crippen LogP contribution in [0.25, 0.3) is 0 Å². The Morgan fingerprint density at radius 2 is 2.05 bits per heavy atom. The van der Waals surface area contributed by atoms with E-state index in [-0.39, 0.29) is 11.7 Å². The third-order valence-electron chi connectivity index (χ3n) is 5.48. The molecule has 0 aromatic heterocycles. The Morgan fingerprint density at radius 1 is 1.33 bits per heavy atom. The van der Waals surface area contributed by atoms with E-state index < -0.39 is 11.7 Å². The Bertz CT molecular complexity index is 527. The zero-order valence-corrected chi connectivity index (χ0v) is 13.4. The van der Waals surface area contributed by atoms with Crippen molar-refractivity contribution < 1.29 is 14.6 Å². The van der Waals surface area contributed by atoms with Crippen molar-refractivity contribution in [3.8, 4) is 0 Å². The minimum absolute atomic E-state index is 0.242. The highest BCUT2D eigenvalue weighted by Gasteiger charge is 2.66. The van der Waals surface area contributed by atoms with Crippen molar-refractivity contribution in [2.75, 3.05) is 0 Å². The molecular weight excluding hydrogens is 264 g/mol. The van der Waals surface area contributed by atoms with Crippen LogP contribution in [0.3, 0.4) is 0 Å². The quantitative estimate of drug-likeness (QED) is 0.925. The Hall–Kier alpha value is -0.900. The van der Waals surface area contributed by atoms with E-state index >= 15 is 0 Å². The SMILES string of the molecule is Cc1ccccc1CO[C@H]1[C@H](O)[C@]2(C(C)C)CC[C@@]1(C)O2. The number of benzene rings is 1. The topological polar surface area (TPSA) is 38.7 Å². The molecule has 0 radical (unpaired) electrons. The van der Waals surface area contributed by atoms with Gasteiger partial charge in [-0.25, -0.2) is 0 Å². The molecule has 3 heteroatoms. The molecule has 3 nitrogen and oxygen atoms in total. The normalized spacial score (nSPS) is 38.4. The van der Waals surface area contributed by atoms with Gasteiger partial charge in [-0.15, -0.1) is 0 Å². The van der Waals surface area contributed by atoms with E-state index in [4.69, 9.17) is 9.47 Å². The Labute approximate surface area is 127 Å². The summed E-state index contributed by atoms with van der Waals surface area (Å²) in [6.45, 7) is 8.94. The maximum absolute atomic E-state index is 10.8. The summed E-state index contributed by atoms with van der Waals surface area (Å²) in [5, 5.41) is 10.8. The van der Waals surface area contributed by atoms with Crippen molar-refractivity contribution in [3.63, 3.8) is 0 Å². The Balaban J connectivity index is 1.76. The number of aliphatic hydroxyl groups is 1. The molecule has 21 heavy (non-hydrogen) atoms. The van der Waals surface area contributed by atoms with Gasteiger partial charge in [0.05, 0.1) is 17.8 Å². The fraction of sp³-hybridized carbons (Fsp3) is 0.667. The second-order valence-electron chi connectivity index (χ2n) is 7.13. The molecule has 3 rings (SSSR count). The summed E-state index contributed by atoms with van der Waals surface area (Å²) in [6, 6.07) is 8.22. The molecule has 0 spiro atoms. The van der Waals surface area contributed by atoms with Gasteiger partial charge < -0.3 is 14.6 Å². The van der Waals surface area contributed by atoms with Crippen LogP contribution in [0.2, 0.25) is 0 Å². The van der Waals surface area contributed by atoms with Gasteiger partial charge in [-0.1, -0.05) is 38.1 Å². The lowest BCUT2D eigenvalue weighted by molar-refractivity contribution is -0.0979. The van der Waals surface area contributed by atoms with E-state index in [0.29, 0.717) is 12.5 Å². The van der Waals surface area contributed by atoms with Gasteiger partial charge in [-0.2, -0.15) is 0 Å². The molecule has 0 unspecified atom stereocenters. The monoisotopic (exact) mass is 290 g/mol. The molecule has 0 saturated carbocycles. The van der Waals surface area contributed by atoms with Gasteiger partial charge in [-0.05, 0) is 43.7 Å². The number of fused-ring (bicyclic) bond motifs is 2. The van der Waals surface area contributed by atoms with Gasteiger partial charge >= 0.3 is 0 Å². The molecule has 0 amide bonds. The van der Waals surface area contributed by atoms with Gasteiger partial charge in [0.25, 0.3) is 0 Å².